The van der Waals surface area contributed by atoms with Crippen LogP contribution in [0.5, 0.6) is 0 Å². The summed E-state index contributed by atoms with van der Waals surface area (Å²) in [5.41, 5.74) is 0. The number of carbonyl (C=O) groups is 1. The van der Waals surface area contributed by atoms with E-state index in [2.05, 4.69) is 24.5 Å². The number of rotatable bonds is 7. The van der Waals surface area contributed by atoms with E-state index in [1.165, 1.54) is 12.8 Å². The molecule has 16 heavy (non-hydrogen) atoms. The van der Waals surface area contributed by atoms with Crippen LogP contribution in [0.3, 0.4) is 0 Å². The zero-order valence-corrected chi connectivity index (χ0v) is 10.6. The van der Waals surface area contributed by atoms with E-state index in [0.717, 1.165) is 12.5 Å². The first-order valence-electron chi connectivity index (χ1n) is 6.29. The first-order chi connectivity index (χ1) is 7.65. The molecule has 1 amide bonds. The monoisotopic (exact) mass is 228 g/mol. The molecule has 0 aromatic carbocycles. The Bertz CT molecular complexity index is 213. The highest BCUT2D eigenvalue weighted by atomic mass is 16.5. The zero-order chi connectivity index (χ0) is 12.0. The first kappa shape index (κ1) is 13.3. The molecule has 0 aromatic heterocycles. The van der Waals surface area contributed by atoms with Crippen LogP contribution in [0.25, 0.3) is 0 Å². The third kappa shape index (κ3) is 4.84. The van der Waals surface area contributed by atoms with Gasteiger partial charge in [0, 0.05) is 19.1 Å². The van der Waals surface area contributed by atoms with Crippen LogP contribution >= 0.6 is 0 Å². The van der Waals surface area contributed by atoms with Crippen LogP contribution < -0.4 is 10.6 Å². The Balaban J connectivity index is 2.06. The first-order valence-corrected chi connectivity index (χ1v) is 6.29. The second kappa shape index (κ2) is 6.74. The molecule has 0 aliphatic heterocycles. The van der Waals surface area contributed by atoms with Crippen molar-refractivity contribution >= 4 is 6.09 Å². The lowest BCUT2D eigenvalue weighted by atomic mass is 10.00. The molecular formula is C12H24N2O2. The molecule has 4 nitrogen and oxygen atoms in total. The maximum absolute atomic E-state index is 11.0. The van der Waals surface area contributed by atoms with E-state index in [9.17, 15) is 4.79 Å². The van der Waals surface area contributed by atoms with Crippen molar-refractivity contribution in [2.45, 2.75) is 39.7 Å². The maximum atomic E-state index is 11.0. The van der Waals surface area contributed by atoms with Gasteiger partial charge < -0.3 is 15.4 Å². The number of ether oxygens (including phenoxy) is 1. The summed E-state index contributed by atoms with van der Waals surface area (Å²) in [5, 5.41) is 6.22. The summed E-state index contributed by atoms with van der Waals surface area (Å²) >= 11 is 0. The summed E-state index contributed by atoms with van der Waals surface area (Å²) in [5.74, 6) is 1.51. The van der Waals surface area contributed by atoms with E-state index in [1.807, 2.05) is 0 Å². The van der Waals surface area contributed by atoms with Crippen LogP contribution in [0.4, 0.5) is 4.79 Å². The Morgan fingerprint density at radius 3 is 2.56 bits per heavy atom. The normalized spacial score (nSPS) is 17.2. The third-order valence-electron chi connectivity index (χ3n) is 2.90. The summed E-state index contributed by atoms with van der Waals surface area (Å²) in [4.78, 5) is 11.0. The largest absolute Gasteiger partial charge is 0.450 e. The lowest BCUT2D eigenvalue weighted by Crippen LogP contribution is -2.41. The van der Waals surface area contributed by atoms with Crippen molar-refractivity contribution in [3.8, 4) is 0 Å². The Hall–Kier alpha value is -0.770. The highest BCUT2D eigenvalue weighted by Gasteiger charge is 2.32. The molecule has 1 fully saturated rings. The number of carbonyl (C=O) groups excluding carboxylic acids is 1. The number of hydrogen-bond acceptors (Lipinski definition) is 3. The molecule has 1 unspecified atom stereocenters. The predicted molar refractivity (Wildman–Crippen MR) is 64.4 cm³/mol. The van der Waals surface area contributed by atoms with Crippen LogP contribution in [0.15, 0.2) is 0 Å². The van der Waals surface area contributed by atoms with Gasteiger partial charge in [-0.15, -0.1) is 0 Å². The average Bonchev–Trinajstić information content (AvgIpc) is 3.01. The van der Waals surface area contributed by atoms with Gasteiger partial charge in [-0.1, -0.05) is 13.8 Å². The van der Waals surface area contributed by atoms with Crippen LogP contribution in [-0.2, 0) is 4.74 Å². The molecule has 0 bridgehead atoms. The zero-order valence-electron chi connectivity index (χ0n) is 10.6. The van der Waals surface area contributed by atoms with Crippen LogP contribution in [0.2, 0.25) is 0 Å². The molecule has 1 saturated carbocycles. The minimum Gasteiger partial charge on any atom is -0.450 e. The summed E-state index contributed by atoms with van der Waals surface area (Å²) in [7, 11) is 0. The van der Waals surface area contributed by atoms with Crippen molar-refractivity contribution in [1.29, 1.82) is 0 Å². The van der Waals surface area contributed by atoms with Crippen molar-refractivity contribution in [2.75, 3.05) is 19.7 Å². The van der Waals surface area contributed by atoms with Gasteiger partial charge in [0.2, 0.25) is 0 Å². The fourth-order valence-electron chi connectivity index (χ4n) is 1.99. The van der Waals surface area contributed by atoms with Gasteiger partial charge in [0.25, 0.3) is 0 Å². The topological polar surface area (TPSA) is 50.4 Å². The van der Waals surface area contributed by atoms with Gasteiger partial charge >= 0.3 is 6.09 Å². The molecule has 1 aliphatic rings. The van der Waals surface area contributed by atoms with E-state index in [4.69, 9.17) is 4.74 Å². The second-order valence-corrected chi connectivity index (χ2v) is 4.71. The van der Waals surface area contributed by atoms with Gasteiger partial charge in [-0.05, 0) is 31.6 Å². The van der Waals surface area contributed by atoms with Crippen molar-refractivity contribution < 1.29 is 9.53 Å². The highest BCUT2D eigenvalue weighted by molar-refractivity contribution is 5.66. The van der Waals surface area contributed by atoms with Crippen molar-refractivity contribution in [3.63, 3.8) is 0 Å². The fourth-order valence-corrected chi connectivity index (χ4v) is 1.99. The molecule has 1 aliphatic carbocycles. The van der Waals surface area contributed by atoms with Crippen molar-refractivity contribution in [3.05, 3.63) is 0 Å². The van der Waals surface area contributed by atoms with Crippen LogP contribution in [-0.4, -0.2) is 31.8 Å². The Morgan fingerprint density at radius 2 is 2.06 bits per heavy atom. The molecule has 94 valence electrons. The van der Waals surface area contributed by atoms with Gasteiger partial charge in [-0.25, -0.2) is 4.79 Å². The minimum absolute atomic E-state index is 0.322. The van der Waals surface area contributed by atoms with Gasteiger partial charge in [-0.2, -0.15) is 0 Å². The highest BCUT2D eigenvalue weighted by Crippen LogP contribution is 2.35. The van der Waals surface area contributed by atoms with Gasteiger partial charge in [0.1, 0.15) is 0 Å². The van der Waals surface area contributed by atoms with E-state index >= 15 is 0 Å². The summed E-state index contributed by atoms with van der Waals surface area (Å²) in [6.45, 7) is 8.17. The number of alkyl carbamates (subject to hydrolysis) is 1. The van der Waals surface area contributed by atoms with E-state index < -0.39 is 0 Å². The molecule has 1 atom stereocenters. The Kier molecular flexibility index (Phi) is 5.60. The van der Waals surface area contributed by atoms with E-state index in [0.29, 0.717) is 25.1 Å². The van der Waals surface area contributed by atoms with Crippen molar-refractivity contribution in [2.24, 2.45) is 11.8 Å². The third-order valence-corrected chi connectivity index (χ3v) is 2.90. The summed E-state index contributed by atoms with van der Waals surface area (Å²) < 4.78 is 4.78. The SMILES string of the molecule is CCOC(=O)NCCNC(C(C)C)C1CC1. The number of hydrogen-bond donors (Lipinski definition) is 2. The molecule has 4 heteroatoms. The smallest absolute Gasteiger partial charge is 0.407 e. The second-order valence-electron chi connectivity index (χ2n) is 4.71. The fraction of sp³-hybridized carbons (Fsp3) is 0.917. The lowest BCUT2D eigenvalue weighted by molar-refractivity contribution is 0.152. The molecule has 0 aromatic rings. The molecule has 2 N–H and O–H groups in total. The Morgan fingerprint density at radius 1 is 1.38 bits per heavy atom. The van der Waals surface area contributed by atoms with E-state index in [-0.39, 0.29) is 6.09 Å². The summed E-state index contributed by atoms with van der Waals surface area (Å²) in [6.07, 6.45) is 2.37. The number of nitrogens with one attached hydrogen (secondary N) is 2. The average molecular weight is 228 g/mol. The number of amides is 1. The van der Waals surface area contributed by atoms with Gasteiger partial charge in [0.15, 0.2) is 0 Å². The predicted octanol–water partition coefficient (Wildman–Crippen LogP) is 1.76. The van der Waals surface area contributed by atoms with Gasteiger partial charge in [0.05, 0.1) is 6.61 Å². The van der Waals surface area contributed by atoms with Crippen LogP contribution in [0.1, 0.15) is 33.6 Å². The molecule has 0 saturated heterocycles. The van der Waals surface area contributed by atoms with Crippen molar-refractivity contribution in [1.82, 2.24) is 10.6 Å². The van der Waals surface area contributed by atoms with Crippen LogP contribution in [0, 0.1) is 11.8 Å². The quantitative estimate of drug-likeness (QED) is 0.653. The van der Waals surface area contributed by atoms with Gasteiger partial charge in [-0.3, -0.25) is 0 Å². The summed E-state index contributed by atoms with van der Waals surface area (Å²) in [6, 6.07) is 0.601. The molecule has 0 heterocycles. The lowest BCUT2D eigenvalue weighted by Gasteiger charge is -2.22. The molecule has 1 rings (SSSR count). The molecular weight excluding hydrogens is 204 g/mol. The Labute approximate surface area is 98.1 Å². The maximum Gasteiger partial charge on any atom is 0.407 e. The van der Waals surface area contributed by atoms with E-state index in [1.54, 1.807) is 6.92 Å². The molecule has 0 spiro atoms. The minimum atomic E-state index is -0.322. The molecule has 0 radical (unpaired) electrons. The standard InChI is InChI=1S/C12H24N2O2/c1-4-16-12(15)14-8-7-13-11(9(2)3)10-5-6-10/h9-11,13H,4-8H2,1-3H3,(H,14,15).